The van der Waals surface area contributed by atoms with Crippen LogP contribution in [-0.4, -0.2) is 25.0 Å². The van der Waals surface area contributed by atoms with Gasteiger partial charge in [0.15, 0.2) is 0 Å². The molecule has 0 aliphatic heterocycles. The van der Waals surface area contributed by atoms with E-state index in [1.807, 2.05) is 12.3 Å². The van der Waals surface area contributed by atoms with Crippen LogP contribution in [0.3, 0.4) is 0 Å². The number of hydrogen-bond donors (Lipinski definition) is 2. The molecule has 7 heteroatoms. The Balaban J connectivity index is 2.50. The summed E-state index contributed by atoms with van der Waals surface area (Å²) in [6.07, 6.45) is -2.54. The number of benzene rings is 1. The molecule has 3 nitrogen and oxygen atoms in total. The van der Waals surface area contributed by atoms with Gasteiger partial charge in [0.1, 0.15) is 6.54 Å². The lowest BCUT2D eigenvalue weighted by Crippen LogP contribution is -2.36. The quantitative estimate of drug-likeness (QED) is 0.824. The molecule has 0 aliphatic rings. The fraction of sp³-hybridized carbons (Fsp3) is 0.300. The van der Waals surface area contributed by atoms with Crippen LogP contribution in [0.1, 0.15) is 0 Å². The maximum Gasteiger partial charge on any atom is 0.405 e. The molecule has 0 unspecified atom stereocenters. The number of nitrogens with one attached hydrogen (secondary N) is 2. The van der Waals surface area contributed by atoms with E-state index in [1.165, 1.54) is 11.8 Å². The van der Waals surface area contributed by atoms with Gasteiger partial charge in [-0.3, -0.25) is 0 Å². The summed E-state index contributed by atoms with van der Waals surface area (Å²) >= 11 is 1.48. The maximum atomic E-state index is 11.8. The summed E-state index contributed by atoms with van der Waals surface area (Å²) in [5.74, 6) is 0. The normalized spacial score (nSPS) is 11.1. The SMILES string of the molecule is CSc1cccc(NC(=O)NCC(F)(F)F)c1. The largest absolute Gasteiger partial charge is 0.405 e. The molecule has 0 aromatic heterocycles. The van der Waals surface area contributed by atoms with Crippen LogP contribution >= 0.6 is 11.8 Å². The van der Waals surface area contributed by atoms with Crippen LogP contribution < -0.4 is 10.6 Å². The minimum Gasteiger partial charge on any atom is -0.329 e. The van der Waals surface area contributed by atoms with E-state index in [9.17, 15) is 18.0 Å². The first-order valence-corrected chi connectivity index (χ1v) is 5.89. The van der Waals surface area contributed by atoms with E-state index in [-0.39, 0.29) is 0 Å². The number of urea groups is 1. The number of carbonyl (C=O) groups excluding carboxylic acids is 1. The first-order chi connectivity index (χ1) is 7.90. The molecule has 94 valence electrons. The predicted octanol–water partition coefficient (Wildman–Crippen LogP) is 3.09. The van der Waals surface area contributed by atoms with Gasteiger partial charge in [0.25, 0.3) is 0 Å². The molecule has 0 saturated heterocycles. The number of hydrogen-bond acceptors (Lipinski definition) is 2. The van der Waals surface area contributed by atoms with Crippen LogP contribution in [0.4, 0.5) is 23.7 Å². The van der Waals surface area contributed by atoms with Gasteiger partial charge < -0.3 is 10.6 Å². The summed E-state index contributed by atoms with van der Waals surface area (Å²) in [7, 11) is 0. The molecule has 0 aliphatic carbocycles. The van der Waals surface area contributed by atoms with Crippen LogP contribution in [0.25, 0.3) is 0 Å². The lowest BCUT2D eigenvalue weighted by Gasteiger charge is -2.10. The van der Waals surface area contributed by atoms with Crippen molar-refractivity contribution < 1.29 is 18.0 Å². The second kappa shape index (κ2) is 5.81. The summed E-state index contributed by atoms with van der Waals surface area (Å²) in [6, 6.07) is 5.96. The van der Waals surface area contributed by atoms with Crippen LogP contribution in [0.2, 0.25) is 0 Å². The first kappa shape index (κ1) is 13.7. The molecule has 0 atom stereocenters. The van der Waals surface area contributed by atoms with Gasteiger partial charge >= 0.3 is 12.2 Å². The Morgan fingerprint density at radius 3 is 2.71 bits per heavy atom. The lowest BCUT2D eigenvalue weighted by atomic mass is 10.3. The number of rotatable bonds is 3. The number of alkyl halides is 3. The van der Waals surface area contributed by atoms with Crippen molar-refractivity contribution in [1.29, 1.82) is 0 Å². The molecule has 1 aromatic rings. The summed E-state index contributed by atoms with van der Waals surface area (Å²) in [4.78, 5) is 12.0. The Kier molecular flexibility index (Phi) is 4.68. The van der Waals surface area contributed by atoms with Crippen LogP contribution in [0.15, 0.2) is 29.2 Å². The number of carbonyl (C=O) groups is 1. The van der Waals surface area contributed by atoms with E-state index in [1.54, 1.807) is 23.5 Å². The molecule has 0 bridgehead atoms. The number of anilines is 1. The Hall–Kier alpha value is -1.37. The van der Waals surface area contributed by atoms with Gasteiger partial charge in [-0.15, -0.1) is 11.8 Å². The minimum atomic E-state index is -4.40. The fourth-order valence-electron chi connectivity index (χ4n) is 1.06. The number of thioether (sulfide) groups is 1. The third-order valence-electron chi connectivity index (χ3n) is 1.78. The zero-order chi connectivity index (χ0) is 12.9. The average molecular weight is 264 g/mol. The van der Waals surface area contributed by atoms with Crippen molar-refractivity contribution in [3.63, 3.8) is 0 Å². The fourth-order valence-corrected chi connectivity index (χ4v) is 1.52. The van der Waals surface area contributed by atoms with Gasteiger partial charge in [0, 0.05) is 10.6 Å². The second-order valence-corrected chi connectivity index (χ2v) is 4.03. The van der Waals surface area contributed by atoms with Gasteiger partial charge in [0.2, 0.25) is 0 Å². The highest BCUT2D eigenvalue weighted by Crippen LogP contribution is 2.19. The van der Waals surface area contributed by atoms with Gasteiger partial charge in [-0.2, -0.15) is 13.2 Å². The number of amides is 2. The third kappa shape index (κ3) is 5.48. The monoisotopic (exact) mass is 264 g/mol. The molecule has 1 rings (SSSR count). The summed E-state index contributed by atoms with van der Waals surface area (Å²) in [5.41, 5.74) is 0.455. The molecule has 0 heterocycles. The van der Waals surface area contributed by atoms with Crippen molar-refractivity contribution >= 4 is 23.5 Å². The predicted molar refractivity (Wildman–Crippen MR) is 61.3 cm³/mol. The first-order valence-electron chi connectivity index (χ1n) is 4.66. The summed E-state index contributed by atoms with van der Waals surface area (Å²) < 4.78 is 35.5. The van der Waals surface area contributed by atoms with E-state index in [4.69, 9.17) is 0 Å². The molecule has 0 spiro atoms. The zero-order valence-corrected chi connectivity index (χ0v) is 9.78. The average Bonchev–Trinajstić information content (AvgIpc) is 2.26. The number of halogens is 3. The van der Waals surface area contributed by atoms with E-state index < -0.39 is 18.8 Å². The molecular weight excluding hydrogens is 253 g/mol. The molecule has 1 aromatic carbocycles. The minimum absolute atomic E-state index is 0.455. The van der Waals surface area contributed by atoms with Crippen molar-refractivity contribution in [2.75, 3.05) is 18.1 Å². The topological polar surface area (TPSA) is 41.1 Å². The highest BCUT2D eigenvalue weighted by atomic mass is 32.2. The Bertz CT molecular complexity index is 395. The van der Waals surface area contributed by atoms with E-state index in [2.05, 4.69) is 5.32 Å². The van der Waals surface area contributed by atoms with Crippen molar-refractivity contribution in [2.24, 2.45) is 0 Å². The molecule has 17 heavy (non-hydrogen) atoms. The van der Waals surface area contributed by atoms with Gasteiger partial charge in [0.05, 0.1) is 0 Å². The molecule has 0 radical (unpaired) electrons. The standard InChI is InChI=1S/C10H11F3N2OS/c1-17-8-4-2-3-7(5-8)15-9(16)14-6-10(11,12)13/h2-5H,6H2,1H3,(H2,14,15,16). The van der Waals surface area contributed by atoms with Crippen molar-refractivity contribution in [3.8, 4) is 0 Å². The smallest absolute Gasteiger partial charge is 0.329 e. The van der Waals surface area contributed by atoms with E-state index >= 15 is 0 Å². The van der Waals surface area contributed by atoms with Gasteiger partial charge in [-0.1, -0.05) is 6.07 Å². The molecule has 2 amide bonds. The Morgan fingerprint density at radius 1 is 1.41 bits per heavy atom. The van der Waals surface area contributed by atoms with Crippen LogP contribution in [-0.2, 0) is 0 Å². The van der Waals surface area contributed by atoms with Crippen molar-refractivity contribution in [3.05, 3.63) is 24.3 Å². The van der Waals surface area contributed by atoms with Gasteiger partial charge in [-0.05, 0) is 24.5 Å². The Labute approximate surface area is 101 Å². The lowest BCUT2D eigenvalue weighted by molar-refractivity contribution is -0.122. The van der Waals surface area contributed by atoms with Crippen LogP contribution in [0, 0.1) is 0 Å². The van der Waals surface area contributed by atoms with Crippen molar-refractivity contribution in [1.82, 2.24) is 5.32 Å². The summed E-state index contributed by atoms with van der Waals surface area (Å²) in [5, 5.41) is 4.05. The van der Waals surface area contributed by atoms with Gasteiger partial charge in [-0.25, -0.2) is 4.79 Å². The third-order valence-corrected chi connectivity index (χ3v) is 2.50. The second-order valence-electron chi connectivity index (χ2n) is 3.15. The Morgan fingerprint density at radius 2 is 2.12 bits per heavy atom. The van der Waals surface area contributed by atoms with E-state index in [0.717, 1.165) is 4.90 Å². The molecule has 0 saturated carbocycles. The summed E-state index contributed by atoms with van der Waals surface area (Å²) in [6.45, 7) is -1.35. The highest BCUT2D eigenvalue weighted by Gasteiger charge is 2.27. The molecule has 2 N–H and O–H groups in total. The molecular formula is C10H11F3N2OS. The van der Waals surface area contributed by atoms with E-state index in [0.29, 0.717) is 5.69 Å². The molecule has 0 fully saturated rings. The van der Waals surface area contributed by atoms with Crippen molar-refractivity contribution in [2.45, 2.75) is 11.1 Å². The maximum absolute atomic E-state index is 11.8. The zero-order valence-electron chi connectivity index (χ0n) is 8.97. The van der Waals surface area contributed by atoms with Crippen LogP contribution in [0.5, 0.6) is 0 Å². The highest BCUT2D eigenvalue weighted by molar-refractivity contribution is 7.98.